The fraction of sp³-hybridized carbons (Fsp3) is 0.647. The average molecular weight is 294 g/mol. The zero-order chi connectivity index (χ0) is 15.7. The standard InChI is InChI=1S/C17H30N2O2/c1-13(2)11-18-12-14(3)19-9-8-15-6-7-16(20-4)17(10-15)21-5/h6-7,10,13-14,18-19H,8-9,11-12H2,1-5H3. The van der Waals surface area contributed by atoms with Crippen LogP contribution in [0.25, 0.3) is 0 Å². The van der Waals surface area contributed by atoms with Crippen molar-refractivity contribution in [2.45, 2.75) is 33.2 Å². The first kappa shape index (κ1) is 17.8. The highest BCUT2D eigenvalue weighted by Gasteiger charge is 2.05. The second kappa shape index (κ2) is 9.64. The fourth-order valence-corrected chi connectivity index (χ4v) is 2.16. The molecular weight excluding hydrogens is 264 g/mol. The molecule has 0 aromatic heterocycles. The summed E-state index contributed by atoms with van der Waals surface area (Å²) in [6.45, 7) is 9.69. The van der Waals surface area contributed by atoms with E-state index in [1.165, 1.54) is 5.56 Å². The second-order valence-corrected chi connectivity index (χ2v) is 5.85. The highest BCUT2D eigenvalue weighted by Crippen LogP contribution is 2.27. The number of hydrogen-bond donors (Lipinski definition) is 2. The van der Waals surface area contributed by atoms with Gasteiger partial charge in [-0.25, -0.2) is 0 Å². The molecule has 1 unspecified atom stereocenters. The summed E-state index contributed by atoms with van der Waals surface area (Å²) in [5.74, 6) is 2.27. The van der Waals surface area contributed by atoms with Crippen LogP contribution in [0.2, 0.25) is 0 Å². The molecule has 21 heavy (non-hydrogen) atoms. The number of methoxy groups -OCH3 is 2. The summed E-state index contributed by atoms with van der Waals surface area (Å²) in [6.07, 6.45) is 0.981. The van der Waals surface area contributed by atoms with Gasteiger partial charge in [0.15, 0.2) is 11.5 Å². The Morgan fingerprint density at radius 1 is 1.00 bits per heavy atom. The smallest absolute Gasteiger partial charge is 0.160 e. The van der Waals surface area contributed by atoms with Crippen molar-refractivity contribution in [3.8, 4) is 11.5 Å². The molecule has 0 aliphatic rings. The van der Waals surface area contributed by atoms with Crippen LogP contribution in [-0.4, -0.2) is 39.9 Å². The summed E-state index contributed by atoms with van der Waals surface area (Å²) in [6, 6.07) is 6.57. The maximum Gasteiger partial charge on any atom is 0.160 e. The predicted octanol–water partition coefficient (Wildman–Crippen LogP) is 2.47. The van der Waals surface area contributed by atoms with E-state index in [1.54, 1.807) is 14.2 Å². The summed E-state index contributed by atoms with van der Waals surface area (Å²) >= 11 is 0. The molecule has 0 heterocycles. The number of rotatable bonds is 10. The van der Waals surface area contributed by atoms with Crippen molar-refractivity contribution in [3.05, 3.63) is 23.8 Å². The van der Waals surface area contributed by atoms with Crippen LogP contribution in [0.5, 0.6) is 11.5 Å². The molecule has 1 aromatic carbocycles. The van der Waals surface area contributed by atoms with Crippen LogP contribution >= 0.6 is 0 Å². The van der Waals surface area contributed by atoms with Crippen molar-refractivity contribution in [3.63, 3.8) is 0 Å². The molecule has 1 atom stereocenters. The molecule has 1 aromatic rings. The topological polar surface area (TPSA) is 42.5 Å². The zero-order valence-electron chi connectivity index (χ0n) is 14.0. The SMILES string of the molecule is COc1ccc(CCNC(C)CNCC(C)C)cc1OC. The molecule has 0 saturated heterocycles. The van der Waals surface area contributed by atoms with Crippen LogP contribution in [0.3, 0.4) is 0 Å². The van der Waals surface area contributed by atoms with Gasteiger partial charge >= 0.3 is 0 Å². The number of hydrogen-bond acceptors (Lipinski definition) is 4. The van der Waals surface area contributed by atoms with Crippen LogP contribution in [0.1, 0.15) is 26.3 Å². The Kier molecular flexibility index (Phi) is 8.16. The summed E-state index contributed by atoms with van der Waals surface area (Å²) in [5.41, 5.74) is 1.25. The number of nitrogens with one attached hydrogen (secondary N) is 2. The van der Waals surface area contributed by atoms with E-state index in [9.17, 15) is 0 Å². The van der Waals surface area contributed by atoms with Gasteiger partial charge < -0.3 is 20.1 Å². The molecule has 2 N–H and O–H groups in total. The van der Waals surface area contributed by atoms with Crippen molar-refractivity contribution in [2.75, 3.05) is 33.9 Å². The Morgan fingerprint density at radius 3 is 2.33 bits per heavy atom. The summed E-state index contributed by atoms with van der Waals surface area (Å²) in [5, 5.41) is 7.00. The van der Waals surface area contributed by atoms with Gasteiger partial charge in [-0.3, -0.25) is 0 Å². The Labute approximate surface area is 129 Å². The minimum absolute atomic E-state index is 0.476. The molecule has 120 valence electrons. The summed E-state index contributed by atoms with van der Waals surface area (Å²) in [7, 11) is 3.33. The van der Waals surface area contributed by atoms with Crippen molar-refractivity contribution in [2.24, 2.45) is 5.92 Å². The van der Waals surface area contributed by atoms with E-state index >= 15 is 0 Å². The molecule has 0 aliphatic carbocycles. The molecule has 0 saturated carbocycles. The third-order valence-corrected chi connectivity index (χ3v) is 3.36. The lowest BCUT2D eigenvalue weighted by molar-refractivity contribution is 0.354. The van der Waals surface area contributed by atoms with Crippen LogP contribution in [0, 0.1) is 5.92 Å². The quantitative estimate of drug-likeness (QED) is 0.696. The van der Waals surface area contributed by atoms with Gasteiger partial charge in [0.2, 0.25) is 0 Å². The maximum atomic E-state index is 5.32. The molecule has 0 fully saturated rings. The summed E-state index contributed by atoms with van der Waals surface area (Å²) < 4.78 is 10.6. The van der Waals surface area contributed by atoms with Gasteiger partial charge in [0.25, 0.3) is 0 Å². The highest BCUT2D eigenvalue weighted by molar-refractivity contribution is 5.42. The van der Waals surface area contributed by atoms with Crippen LogP contribution in [0.15, 0.2) is 18.2 Å². The Morgan fingerprint density at radius 2 is 1.71 bits per heavy atom. The van der Waals surface area contributed by atoms with Crippen LogP contribution in [-0.2, 0) is 6.42 Å². The molecule has 0 spiro atoms. The Bertz CT molecular complexity index is 408. The van der Waals surface area contributed by atoms with Gasteiger partial charge in [0.05, 0.1) is 14.2 Å². The van der Waals surface area contributed by atoms with E-state index in [1.807, 2.05) is 12.1 Å². The minimum Gasteiger partial charge on any atom is -0.493 e. The van der Waals surface area contributed by atoms with Gasteiger partial charge in [-0.2, -0.15) is 0 Å². The number of benzene rings is 1. The molecular formula is C17H30N2O2. The molecule has 0 bridgehead atoms. The largest absolute Gasteiger partial charge is 0.493 e. The fourth-order valence-electron chi connectivity index (χ4n) is 2.16. The van der Waals surface area contributed by atoms with Crippen LogP contribution in [0.4, 0.5) is 0 Å². The van der Waals surface area contributed by atoms with Gasteiger partial charge in [-0.15, -0.1) is 0 Å². The lowest BCUT2D eigenvalue weighted by Gasteiger charge is -2.16. The third kappa shape index (κ3) is 6.82. The first-order valence-corrected chi connectivity index (χ1v) is 7.71. The maximum absolute atomic E-state index is 5.32. The normalized spacial score (nSPS) is 12.5. The first-order chi connectivity index (χ1) is 10.1. The second-order valence-electron chi connectivity index (χ2n) is 5.85. The van der Waals surface area contributed by atoms with Crippen molar-refractivity contribution < 1.29 is 9.47 Å². The van der Waals surface area contributed by atoms with Crippen molar-refractivity contribution in [1.82, 2.24) is 10.6 Å². The molecule has 4 heteroatoms. The van der Waals surface area contributed by atoms with Crippen molar-refractivity contribution >= 4 is 0 Å². The molecule has 0 aliphatic heterocycles. The van der Waals surface area contributed by atoms with Crippen LogP contribution < -0.4 is 20.1 Å². The van der Waals surface area contributed by atoms with Crippen molar-refractivity contribution in [1.29, 1.82) is 0 Å². The summed E-state index contributed by atoms with van der Waals surface area (Å²) in [4.78, 5) is 0. The van der Waals surface area contributed by atoms with Gasteiger partial charge in [-0.1, -0.05) is 19.9 Å². The number of ether oxygens (including phenoxy) is 2. The highest BCUT2D eigenvalue weighted by atomic mass is 16.5. The predicted molar refractivity (Wildman–Crippen MR) is 88.4 cm³/mol. The molecule has 1 rings (SSSR count). The monoisotopic (exact) mass is 294 g/mol. The lowest BCUT2D eigenvalue weighted by Crippen LogP contribution is -2.38. The van der Waals surface area contributed by atoms with E-state index in [2.05, 4.69) is 37.5 Å². The van der Waals surface area contributed by atoms with E-state index in [0.29, 0.717) is 12.0 Å². The van der Waals surface area contributed by atoms with E-state index in [0.717, 1.165) is 37.6 Å². The minimum atomic E-state index is 0.476. The van der Waals surface area contributed by atoms with E-state index < -0.39 is 0 Å². The lowest BCUT2D eigenvalue weighted by atomic mass is 10.1. The first-order valence-electron chi connectivity index (χ1n) is 7.71. The molecule has 4 nitrogen and oxygen atoms in total. The zero-order valence-corrected chi connectivity index (χ0v) is 14.0. The molecule has 0 radical (unpaired) electrons. The Hall–Kier alpha value is -1.26. The molecule has 0 amide bonds. The van der Waals surface area contributed by atoms with Gasteiger partial charge in [0.1, 0.15) is 0 Å². The van der Waals surface area contributed by atoms with Gasteiger partial charge in [-0.05, 0) is 50.0 Å². The Balaban J connectivity index is 2.32. The van der Waals surface area contributed by atoms with E-state index in [-0.39, 0.29) is 0 Å². The third-order valence-electron chi connectivity index (χ3n) is 3.36. The van der Waals surface area contributed by atoms with Gasteiger partial charge in [0, 0.05) is 12.6 Å². The van der Waals surface area contributed by atoms with E-state index in [4.69, 9.17) is 9.47 Å². The average Bonchev–Trinajstić information content (AvgIpc) is 2.46.